The Bertz CT molecular complexity index is 1390. The van der Waals surface area contributed by atoms with E-state index < -0.39 is 12.0 Å². The number of pyridine rings is 1. The first-order chi connectivity index (χ1) is 15.5. The van der Waals surface area contributed by atoms with Gasteiger partial charge >= 0.3 is 5.97 Å². The fraction of sp³-hybridized carbons (Fsp3) is 0.217. The topological polar surface area (TPSA) is 92.0 Å². The zero-order valence-corrected chi connectivity index (χ0v) is 18.8. The molecule has 9 heteroatoms. The van der Waals surface area contributed by atoms with E-state index in [1.165, 1.54) is 30.1 Å². The average molecular weight is 452 g/mol. The fourth-order valence-corrected chi connectivity index (χ4v) is 4.69. The number of ether oxygens (including phenoxy) is 3. The van der Waals surface area contributed by atoms with Gasteiger partial charge in [-0.2, -0.15) is 0 Å². The molecule has 0 fully saturated rings. The van der Waals surface area contributed by atoms with E-state index >= 15 is 0 Å². The number of allylic oxidation sites excluding steroid dienone is 1. The molecule has 8 nitrogen and oxygen atoms in total. The summed E-state index contributed by atoms with van der Waals surface area (Å²) in [5, 5.41) is 0. The van der Waals surface area contributed by atoms with Crippen LogP contribution in [-0.2, 0) is 9.53 Å². The van der Waals surface area contributed by atoms with Gasteiger partial charge in [0.05, 0.1) is 37.1 Å². The van der Waals surface area contributed by atoms with Gasteiger partial charge in [-0.15, -0.1) is 0 Å². The number of fused-ring (bicyclic) bond motifs is 1. The normalized spacial score (nSPS) is 15.8. The minimum Gasteiger partial charge on any atom is -0.497 e. The van der Waals surface area contributed by atoms with Crippen molar-refractivity contribution >= 4 is 23.4 Å². The highest BCUT2D eigenvalue weighted by atomic mass is 32.1. The minimum absolute atomic E-state index is 0.262. The van der Waals surface area contributed by atoms with Gasteiger partial charge in [-0.3, -0.25) is 14.3 Å². The highest BCUT2D eigenvalue weighted by Gasteiger charge is 2.35. The largest absolute Gasteiger partial charge is 0.497 e. The Kier molecular flexibility index (Phi) is 5.91. The van der Waals surface area contributed by atoms with Crippen LogP contribution < -0.4 is 24.4 Å². The van der Waals surface area contributed by atoms with Crippen molar-refractivity contribution in [2.75, 3.05) is 21.3 Å². The lowest BCUT2D eigenvalue weighted by molar-refractivity contribution is -0.136. The van der Waals surface area contributed by atoms with Crippen LogP contribution >= 0.6 is 11.3 Å². The van der Waals surface area contributed by atoms with Crippen LogP contribution in [0.25, 0.3) is 6.08 Å². The first kappa shape index (κ1) is 21.5. The van der Waals surface area contributed by atoms with Gasteiger partial charge < -0.3 is 14.2 Å². The Morgan fingerprint density at radius 2 is 1.88 bits per heavy atom. The third-order valence-electron chi connectivity index (χ3n) is 5.17. The van der Waals surface area contributed by atoms with Crippen LogP contribution in [0.15, 0.2) is 63.8 Å². The van der Waals surface area contributed by atoms with Crippen molar-refractivity contribution in [1.82, 2.24) is 9.55 Å². The predicted molar refractivity (Wildman–Crippen MR) is 120 cm³/mol. The molecule has 0 aliphatic carbocycles. The fourth-order valence-electron chi connectivity index (χ4n) is 3.64. The van der Waals surface area contributed by atoms with E-state index in [0.29, 0.717) is 32.1 Å². The number of benzene rings is 1. The molecular formula is C23H21N3O5S. The molecule has 0 radical (unpaired) electrons. The summed E-state index contributed by atoms with van der Waals surface area (Å²) in [5.41, 5.74) is 1.96. The zero-order valence-electron chi connectivity index (χ0n) is 18.0. The molecule has 0 bridgehead atoms. The number of carbonyl (C=O) groups excluding carboxylic acids is 1. The van der Waals surface area contributed by atoms with E-state index in [4.69, 9.17) is 14.2 Å². The van der Waals surface area contributed by atoms with Gasteiger partial charge in [-0.25, -0.2) is 9.79 Å². The number of esters is 1. The third kappa shape index (κ3) is 3.71. The van der Waals surface area contributed by atoms with Crippen molar-refractivity contribution in [3.8, 4) is 11.5 Å². The molecule has 0 N–H and O–H groups in total. The van der Waals surface area contributed by atoms with Crippen LogP contribution in [0, 0.1) is 0 Å². The second kappa shape index (κ2) is 8.80. The van der Waals surface area contributed by atoms with E-state index in [9.17, 15) is 9.59 Å². The maximum absolute atomic E-state index is 13.5. The molecule has 1 aliphatic rings. The van der Waals surface area contributed by atoms with Gasteiger partial charge in [0.2, 0.25) is 0 Å². The molecule has 3 heterocycles. The van der Waals surface area contributed by atoms with Gasteiger partial charge in [-0.05, 0) is 42.8 Å². The van der Waals surface area contributed by atoms with E-state index in [2.05, 4.69) is 9.98 Å². The molecule has 1 aromatic carbocycles. The second-order valence-corrected chi connectivity index (χ2v) is 7.97. The number of carbonyl (C=O) groups is 1. The van der Waals surface area contributed by atoms with Gasteiger partial charge in [0, 0.05) is 24.0 Å². The van der Waals surface area contributed by atoms with E-state index in [1.807, 2.05) is 12.1 Å². The first-order valence-corrected chi connectivity index (χ1v) is 10.5. The molecule has 164 valence electrons. The number of hydrogen-bond acceptors (Lipinski definition) is 8. The summed E-state index contributed by atoms with van der Waals surface area (Å²) in [4.78, 5) is 35.3. The van der Waals surface area contributed by atoms with Crippen LogP contribution in [0.3, 0.4) is 0 Å². The number of hydrogen-bond donors (Lipinski definition) is 0. The second-order valence-electron chi connectivity index (χ2n) is 6.96. The SMILES string of the molecule is COC(=O)C1=C(C)N=c2sc(=Cc3ccncc3)c(=O)n2[C@H]1c1ccc(OC)cc1OC. The number of thiazole rings is 1. The predicted octanol–water partition coefficient (Wildman–Crippen LogP) is 1.82. The molecule has 2 aromatic heterocycles. The standard InChI is InChI=1S/C23H21N3O5S/c1-13-19(22(28)31-4)20(16-6-5-15(29-2)12-17(16)30-3)26-21(27)18(32-23(26)25-13)11-14-7-9-24-10-8-14/h5-12,20H,1-4H3/t20-/m0/s1. The van der Waals surface area contributed by atoms with Gasteiger partial charge in [0.1, 0.15) is 17.5 Å². The summed E-state index contributed by atoms with van der Waals surface area (Å²) in [6.07, 6.45) is 5.10. The molecule has 1 aliphatic heterocycles. The van der Waals surface area contributed by atoms with E-state index in [1.54, 1.807) is 50.7 Å². The molecule has 1 atom stereocenters. The molecule has 3 aromatic rings. The van der Waals surface area contributed by atoms with Gasteiger partial charge in [0.25, 0.3) is 5.56 Å². The van der Waals surface area contributed by atoms with Crippen molar-refractivity contribution < 1.29 is 19.0 Å². The quantitative estimate of drug-likeness (QED) is 0.550. The van der Waals surface area contributed by atoms with E-state index in [0.717, 1.165) is 5.56 Å². The molecule has 32 heavy (non-hydrogen) atoms. The summed E-state index contributed by atoms with van der Waals surface area (Å²) < 4.78 is 17.9. The summed E-state index contributed by atoms with van der Waals surface area (Å²) >= 11 is 1.26. The lowest BCUT2D eigenvalue weighted by Crippen LogP contribution is -2.40. The Labute approximate surface area is 187 Å². The summed E-state index contributed by atoms with van der Waals surface area (Å²) in [6, 6.07) is 8.12. The number of rotatable bonds is 5. The third-order valence-corrected chi connectivity index (χ3v) is 6.15. The van der Waals surface area contributed by atoms with Gasteiger partial charge in [0.15, 0.2) is 4.80 Å². The molecule has 0 unspecified atom stereocenters. The maximum Gasteiger partial charge on any atom is 0.338 e. The van der Waals surface area contributed by atoms with Crippen molar-refractivity contribution in [1.29, 1.82) is 0 Å². The average Bonchev–Trinajstić information content (AvgIpc) is 3.12. The molecule has 0 amide bonds. The minimum atomic E-state index is -0.765. The van der Waals surface area contributed by atoms with Crippen molar-refractivity contribution in [2.45, 2.75) is 13.0 Å². The molecule has 0 spiro atoms. The molecular weight excluding hydrogens is 430 g/mol. The number of aromatic nitrogens is 2. The van der Waals surface area contributed by atoms with Crippen LogP contribution in [0.2, 0.25) is 0 Å². The maximum atomic E-state index is 13.5. The lowest BCUT2D eigenvalue weighted by Gasteiger charge is -2.25. The summed E-state index contributed by atoms with van der Waals surface area (Å²) in [7, 11) is 4.39. The Hall–Kier alpha value is -3.72. The lowest BCUT2D eigenvalue weighted by atomic mass is 9.95. The number of methoxy groups -OCH3 is 3. The Morgan fingerprint density at radius 3 is 2.53 bits per heavy atom. The van der Waals surface area contributed by atoms with Crippen molar-refractivity contribution in [3.63, 3.8) is 0 Å². The van der Waals surface area contributed by atoms with Crippen molar-refractivity contribution in [3.05, 3.63) is 84.8 Å². The molecule has 4 rings (SSSR count). The highest BCUT2D eigenvalue weighted by Crippen LogP contribution is 2.37. The Morgan fingerprint density at radius 1 is 1.12 bits per heavy atom. The molecule has 0 saturated heterocycles. The zero-order chi connectivity index (χ0) is 22.8. The first-order valence-electron chi connectivity index (χ1n) is 9.71. The van der Waals surface area contributed by atoms with Crippen LogP contribution in [0.5, 0.6) is 11.5 Å². The summed E-state index contributed by atoms with van der Waals surface area (Å²) in [6.45, 7) is 1.73. The highest BCUT2D eigenvalue weighted by molar-refractivity contribution is 7.07. The summed E-state index contributed by atoms with van der Waals surface area (Å²) in [5.74, 6) is 0.516. The Balaban J connectivity index is 2.01. The number of nitrogens with zero attached hydrogens (tertiary/aromatic N) is 3. The van der Waals surface area contributed by atoms with Crippen LogP contribution in [0.1, 0.15) is 24.1 Å². The smallest absolute Gasteiger partial charge is 0.338 e. The van der Waals surface area contributed by atoms with Crippen LogP contribution in [0.4, 0.5) is 0 Å². The van der Waals surface area contributed by atoms with Gasteiger partial charge in [-0.1, -0.05) is 11.3 Å². The van der Waals surface area contributed by atoms with Crippen LogP contribution in [-0.4, -0.2) is 36.8 Å². The van der Waals surface area contributed by atoms with Crippen molar-refractivity contribution in [2.24, 2.45) is 4.99 Å². The molecule has 0 saturated carbocycles. The monoisotopic (exact) mass is 451 g/mol. The van der Waals surface area contributed by atoms with E-state index in [-0.39, 0.29) is 11.1 Å².